The molecular formula is C14H14Cl2N4O2. The van der Waals surface area contributed by atoms with Gasteiger partial charge in [0.1, 0.15) is 0 Å². The molecule has 116 valence electrons. The van der Waals surface area contributed by atoms with Crippen LogP contribution in [0.2, 0.25) is 10.0 Å². The Balaban J connectivity index is 2.04. The van der Waals surface area contributed by atoms with Crippen molar-refractivity contribution in [1.82, 2.24) is 9.97 Å². The Bertz CT molecular complexity index is 630. The first-order chi connectivity index (χ1) is 10.6. The van der Waals surface area contributed by atoms with E-state index in [1.54, 1.807) is 25.3 Å². The van der Waals surface area contributed by atoms with Crippen molar-refractivity contribution in [3.63, 3.8) is 0 Å². The number of rotatable bonds is 6. The molecule has 0 radical (unpaired) electrons. The zero-order valence-electron chi connectivity index (χ0n) is 11.8. The minimum absolute atomic E-state index is 0.299. The van der Waals surface area contributed by atoms with Crippen molar-refractivity contribution >= 4 is 40.7 Å². The summed E-state index contributed by atoms with van der Waals surface area (Å²) >= 11 is 12.0. The van der Waals surface area contributed by atoms with Crippen molar-refractivity contribution in [2.75, 3.05) is 30.9 Å². The molecule has 0 atom stereocenters. The molecule has 6 nitrogen and oxygen atoms in total. The van der Waals surface area contributed by atoms with E-state index >= 15 is 0 Å². The lowest BCUT2D eigenvalue weighted by Gasteiger charge is -2.09. The van der Waals surface area contributed by atoms with E-state index in [4.69, 9.17) is 27.9 Å². The lowest BCUT2D eigenvalue weighted by Crippen LogP contribution is -2.15. The van der Waals surface area contributed by atoms with E-state index in [0.717, 1.165) is 0 Å². The normalized spacial score (nSPS) is 10.3. The average molecular weight is 341 g/mol. The second kappa shape index (κ2) is 7.93. The predicted molar refractivity (Wildman–Crippen MR) is 86.8 cm³/mol. The number of amides is 1. The maximum absolute atomic E-state index is 12.1. The number of nitrogens with one attached hydrogen (secondary N) is 2. The molecule has 8 heteroatoms. The fourth-order valence-corrected chi connectivity index (χ4v) is 2.10. The van der Waals surface area contributed by atoms with Gasteiger partial charge in [-0.3, -0.25) is 4.79 Å². The first kappa shape index (κ1) is 16.5. The fraction of sp³-hybridized carbons (Fsp3) is 0.214. The van der Waals surface area contributed by atoms with Crippen molar-refractivity contribution in [2.24, 2.45) is 0 Å². The van der Waals surface area contributed by atoms with Gasteiger partial charge in [-0.25, -0.2) is 9.97 Å². The first-order valence-electron chi connectivity index (χ1n) is 6.42. The van der Waals surface area contributed by atoms with E-state index < -0.39 is 5.91 Å². The second-order valence-electron chi connectivity index (χ2n) is 4.27. The van der Waals surface area contributed by atoms with E-state index in [2.05, 4.69) is 20.6 Å². The Morgan fingerprint density at radius 3 is 2.45 bits per heavy atom. The number of methoxy groups -OCH3 is 1. The van der Waals surface area contributed by atoms with Crippen molar-refractivity contribution in [3.05, 3.63) is 46.2 Å². The number of aromatic nitrogens is 2. The largest absolute Gasteiger partial charge is 0.383 e. The van der Waals surface area contributed by atoms with Gasteiger partial charge in [0.15, 0.2) is 0 Å². The van der Waals surface area contributed by atoms with Gasteiger partial charge in [0.25, 0.3) is 5.91 Å². The second-order valence-corrected chi connectivity index (χ2v) is 5.08. The molecule has 1 amide bonds. The van der Waals surface area contributed by atoms with Gasteiger partial charge in [-0.15, -0.1) is 0 Å². The molecule has 0 aliphatic rings. The Hall–Kier alpha value is -1.89. The standard InChI is InChI=1S/C14H14Cl2N4O2/c1-22-6-5-17-14-18-7-9(8-19-14)13(21)20-12-10(15)3-2-4-11(12)16/h2-4,7-8H,5-6H2,1H3,(H,20,21)(H,17,18,19). The zero-order valence-corrected chi connectivity index (χ0v) is 13.3. The van der Waals surface area contributed by atoms with Gasteiger partial charge in [0.05, 0.1) is 27.9 Å². The van der Waals surface area contributed by atoms with Crippen LogP contribution in [0.15, 0.2) is 30.6 Å². The summed E-state index contributed by atoms with van der Waals surface area (Å²) < 4.78 is 4.91. The van der Waals surface area contributed by atoms with Crippen LogP contribution in [-0.2, 0) is 4.74 Å². The summed E-state index contributed by atoms with van der Waals surface area (Å²) in [6.07, 6.45) is 2.84. The van der Waals surface area contributed by atoms with Crippen LogP contribution >= 0.6 is 23.2 Å². The van der Waals surface area contributed by atoms with Gasteiger partial charge in [-0.1, -0.05) is 29.3 Å². The Morgan fingerprint density at radius 2 is 1.86 bits per heavy atom. The third-order valence-electron chi connectivity index (χ3n) is 2.70. The summed E-state index contributed by atoms with van der Waals surface area (Å²) in [7, 11) is 1.61. The summed E-state index contributed by atoms with van der Waals surface area (Å²) in [6, 6.07) is 4.98. The van der Waals surface area contributed by atoms with Gasteiger partial charge >= 0.3 is 0 Å². The van der Waals surface area contributed by atoms with E-state index in [1.807, 2.05) is 0 Å². The number of halogens is 2. The molecule has 1 aromatic carbocycles. The van der Waals surface area contributed by atoms with Crippen LogP contribution in [0.4, 0.5) is 11.6 Å². The number of carbonyl (C=O) groups excluding carboxylic acids is 1. The number of carbonyl (C=O) groups is 1. The highest BCUT2D eigenvalue weighted by molar-refractivity contribution is 6.40. The number of hydrogen-bond acceptors (Lipinski definition) is 5. The molecule has 0 aliphatic carbocycles. The van der Waals surface area contributed by atoms with Crippen LogP contribution in [-0.4, -0.2) is 36.1 Å². The lowest BCUT2D eigenvalue weighted by molar-refractivity contribution is 0.102. The van der Waals surface area contributed by atoms with Gasteiger partial charge in [-0.05, 0) is 12.1 Å². The molecule has 0 unspecified atom stereocenters. The van der Waals surface area contributed by atoms with Gasteiger partial charge in [-0.2, -0.15) is 0 Å². The van der Waals surface area contributed by atoms with Gasteiger partial charge in [0, 0.05) is 26.0 Å². The maximum atomic E-state index is 12.1. The van der Waals surface area contributed by atoms with E-state index in [1.165, 1.54) is 12.4 Å². The minimum atomic E-state index is -0.390. The quantitative estimate of drug-likeness (QED) is 0.790. The lowest BCUT2D eigenvalue weighted by atomic mass is 10.2. The highest BCUT2D eigenvalue weighted by atomic mass is 35.5. The molecule has 22 heavy (non-hydrogen) atoms. The molecule has 0 saturated carbocycles. The third kappa shape index (κ3) is 4.30. The van der Waals surface area contributed by atoms with E-state index in [-0.39, 0.29) is 0 Å². The Labute approximate surface area is 137 Å². The highest BCUT2D eigenvalue weighted by Crippen LogP contribution is 2.30. The Kier molecular flexibility index (Phi) is 5.94. The molecule has 0 fully saturated rings. The first-order valence-corrected chi connectivity index (χ1v) is 7.17. The van der Waals surface area contributed by atoms with E-state index in [9.17, 15) is 4.79 Å². The monoisotopic (exact) mass is 340 g/mol. The topological polar surface area (TPSA) is 76.1 Å². The van der Waals surface area contributed by atoms with Crippen molar-refractivity contribution < 1.29 is 9.53 Å². The number of ether oxygens (including phenoxy) is 1. The van der Waals surface area contributed by atoms with Crippen LogP contribution in [0.1, 0.15) is 10.4 Å². The fourth-order valence-electron chi connectivity index (χ4n) is 1.60. The number of nitrogens with zero attached hydrogens (tertiary/aromatic N) is 2. The summed E-state index contributed by atoms with van der Waals surface area (Å²) in [6.45, 7) is 1.12. The highest BCUT2D eigenvalue weighted by Gasteiger charge is 2.12. The number of hydrogen-bond donors (Lipinski definition) is 2. The summed E-state index contributed by atoms with van der Waals surface area (Å²) in [5.74, 6) is 0.0304. The average Bonchev–Trinajstić information content (AvgIpc) is 2.52. The van der Waals surface area contributed by atoms with E-state index in [0.29, 0.717) is 40.4 Å². The Morgan fingerprint density at radius 1 is 1.23 bits per heavy atom. The zero-order chi connectivity index (χ0) is 15.9. The minimum Gasteiger partial charge on any atom is -0.383 e. The van der Waals surface area contributed by atoms with Crippen LogP contribution in [0.25, 0.3) is 0 Å². The van der Waals surface area contributed by atoms with Crippen LogP contribution in [0.5, 0.6) is 0 Å². The summed E-state index contributed by atoms with van der Waals surface area (Å²) in [5.41, 5.74) is 0.659. The maximum Gasteiger partial charge on any atom is 0.258 e. The predicted octanol–water partition coefficient (Wildman–Crippen LogP) is 3.09. The van der Waals surface area contributed by atoms with Crippen LogP contribution < -0.4 is 10.6 Å². The third-order valence-corrected chi connectivity index (χ3v) is 3.33. The molecule has 2 rings (SSSR count). The van der Waals surface area contributed by atoms with Crippen molar-refractivity contribution in [2.45, 2.75) is 0 Å². The molecular weight excluding hydrogens is 327 g/mol. The molecule has 1 heterocycles. The smallest absolute Gasteiger partial charge is 0.258 e. The number of anilines is 2. The molecule has 2 N–H and O–H groups in total. The van der Waals surface area contributed by atoms with Crippen LogP contribution in [0.3, 0.4) is 0 Å². The molecule has 0 spiro atoms. The molecule has 2 aromatic rings. The molecule has 0 aliphatic heterocycles. The van der Waals surface area contributed by atoms with Gasteiger partial charge in [0.2, 0.25) is 5.95 Å². The summed E-state index contributed by atoms with van der Waals surface area (Å²) in [5, 5.41) is 6.32. The number of para-hydroxylation sites is 1. The van der Waals surface area contributed by atoms with Crippen LogP contribution in [0, 0.1) is 0 Å². The molecule has 0 saturated heterocycles. The summed E-state index contributed by atoms with van der Waals surface area (Å²) in [4.78, 5) is 20.2. The SMILES string of the molecule is COCCNc1ncc(C(=O)Nc2c(Cl)cccc2Cl)cn1. The van der Waals surface area contributed by atoms with Gasteiger partial charge < -0.3 is 15.4 Å². The molecule has 1 aromatic heterocycles. The van der Waals surface area contributed by atoms with Crippen molar-refractivity contribution in [3.8, 4) is 0 Å². The number of benzene rings is 1. The molecule has 0 bridgehead atoms. The van der Waals surface area contributed by atoms with Crippen molar-refractivity contribution in [1.29, 1.82) is 0 Å².